The van der Waals surface area contributed by atoms with E-state index >= 15 is 0 Å². The summed E-state index contributed by atoms with van der Waals surface area (Å²) in [5.74, 6) is 0. The van der Waals surface area contributed by atoms with Crippen molar-refractivity contribution in [3.8, 4) is 0 Å². The van der Waals surface area contributed by atoms with E-state index in [1.807, 2.05) is 0 Å². The van der Waals surface area contributed by atoms with Crippen LogP contribution in [0.3, 0.4) is 0 Å². The van der Waals surface area contributed by atoms with Crippen molar-refractivity contribution < 1.29 is 19.1 Å². The molecule has 0 aromatic heterocycles. The van der Waals surface area contributed by atoms with Crippen LogP contribution in [0.2, 0.25) is 0 Å². The van der Waals surface area contributed by atoms with E-state index in [0.717, 1.165) is 0 Å². The van der Waals surface area contributed by atoms with Crippen LogP contribution in [0.15, 0.2) is 0 Å². The highest BCUT2D eigenvalue weighted by Gasteiger charge is 2.32. The van der Waals surface area contributed by atoms with E-state index in [1.165, 1.54) is 0 Å². The van der Waals surface area contributed by atoms with Gasteiger partial charge in [-0.05, 0) is 81.2 Å². The Bertz CT molecular complexity index is 224. The number of halogens is 7. The molecule has 0 fully saturated rings. The maximum atomic E-state index is 10.5. The summed E-state index contributed by atoms with van der Waals surface area (Å²) in [5.41, 5.74) is 4.24. The first kappa shape index (κ1) is 19.1. The van der Waals surface area contributed by atoms with Crippen LogP contribution in [-0.2, 0) is 9.47 Å². The van der Waals surface area contributed by atoms with Crippen molar-refractivity contribution in [2.24, 2.45) is 5.73 Å². The van der Waals surface area contributed by atoms with Crippen LogP contribution in [0.5, 0.6) is 0 Å². The molecule has 16 heavy (non-hydrogen) atoms. The predicted molar refractivity (Wildman–Crippen MR) is 63.6 cm³/mol. The molecule has 0 aromatic rings. The second kappa shape index (κ2) is 7.97. The number of rotatable bonds is 0. The van der Waals surface area contributed by atoms with Gasteiger partial charge in [-0.25, -0.2) is 4.79 Å². The zero-order chi connectivity index (χ0) is 13.6. The molecule has 5 nitrogen and oxygen atoms in total. The van der Waals surface area contributed by atoms with E-state index in [1.54, 1.807) is 0 Å². The van der Waals surface area contributed by atoms with Crippen molar-refractivity contribution in [2.45, 2.75) is 7.96 Å². The van der Waals surface area contributed by atoms with Crippen LogP contribution in [0, 0.1) is 0 Å². The van der Waals surface area contributed by atoms with Crippen LogP contribution in [0.4, 0.5) is 9.59 Å². The molecule has 0 saturated heterocycles. The summed E-state index contributed by atoms with van der Waals surface area (Å²) in [6, 6.07) is 0. The van der Waals surface area contributed by atoms with Gasteiger partial charge in [0.25, 0.3) is 0 Å². The number of primary amides is 1. The molecule has 0 spiro atoms. The Labute approximate surface area is 125 Å². The largest absolute Gasteiger partial charge is 0.515 e. The van der Waals surface area contributed by atoms with Gasteiger partial charge in [-0.15, -0.1) is 0 Å². The van der Waals surface area contributed by atoms with Gasteiger partial charge in [0, 0.05) is 0 Å². The number of hydrogen-bond donors (Lipinski definition) is 1. The lowest BCUT2D eigenvalue weighted by atomic mass is 11.3. The smallest absolute Gasteiger partial charge is 0.382 e. The van der Waals surface area contributed by atoms with E-state index in [4.69, 9.17) is 74.4 Å². The Balaban J connectivity index is 0. The topological polar surface area (TPSA) is 78.6 Å². The van der Waals surface area contributed by atoms with Crippen LogP contribution in [-0.4, -0.2) is 19.5 Å². The van der Waals surface area contributed by atoms with Gasteiger partial charge >= 0.3 is 19.5 Å². The zero-order valence-electron chi connectivity index (χ0n) is 6.86. The monoisotopic (exact) mass is 373 g/mol. The third kappa shape index (κ3) is 24.1. The molecule has 0 heterocycles. The average molecular weight is 376 g/mol. The van der Waals surface area contributed by atoms with Crippen molar-refractivity contribution in [2.75, 3.05) is 0 Å². The zero-order valence-corrected chi connectivity index (χ0v) is 12.1. The van der Waals surface area contributed by atoms with E-state index < -0.39 is 19.5 Å². The van der Waals surface area contributed by atoms with Crippen LogP contribution in [0.25, 0.3) is 0 Å². The predicted octanol–water partition coefficient (Wildman–Crippen LogP) is 4.10. The minimum Gasteiger partial charge on any atom is -0.382 e. The second-order valence-electron chi connectivity index (χ2n) is 1.65. The molecule has 0 saturated carbocycles. The number of nitrogens with two attached hydrogens (primary N) is 1. The normalized spacial score (nSPS) is 10.9. The SMILES string of the molecule is NC(=O)Cl.O=C(OC(Cl)(Cl)Cl)OC(Cl)(Cl)Cl. The average Bonchev–Trinajstić information content (AvgIpc) is 1.72. The molecule has 0 aliphatic carbocycles. The fourth-order valence-electron chi connectivity index (χ4n) is 0.210. The Kier molecular flexibility index (Phi) is 9.53. The quantitative estimate of drug-likeness (QED) is 0.299. The third-order valence-corrected chi connectivity index (χ3v) is 0.861. The maximum Gasteiger partial charge on any atom is 0.515 e. The first-order valence-corrected chi connectivity index (χ1v) is 5.48. The number of carbonyl (C=O) groups excluding carboxylic acids is 2. The number of ether oxygens (including phenoxy) is 2. The van der Waals surface area contributed by atoms with Crippen LogP contribution >= 0.6 is 81.2 Å². The second-order valence-corrected chi connectivity index (χ2v) is 6.38. The summed E-state index contributed by atoms with van der Waals surface area (Å²) >= 11 is 34.6. The fraction of sp³-hybridized carbons (Fsp3) is 0.500. The number of alkyl halides is 6. The first-order valence-electron chi connectivity index (χ1n) is 2.84. The van der Waals surface area contributed by atoms with Gasteiger partial charge in [0.15, 0.2) is 0 Å². The van der Waals surface area contributed by atoms with Gasteiger partial charge in [-0.2, -0.15) is 0 Å². The fourth-order valence-corrected chi connectivity index (χ4v) is 0.588. The van der Waals surface area contributed by atoms with Gasteiger partial charge in [0.05, 0.1) is 0 Å². The lowest BCUT2D eigenvalue weighted by Crippen LogP contribution is -2.22. The molecule has 0 bridgehead atoms. The van der Waals surface area contributed by atoms with E-state index in [0.29, 0.717) is 0 Å². The highest BCUT2D eigenvalue weighted by Crippen LogP contribution is 2.32. The Morgan fingerprint density at radius 1 is 0.875 bits per heavy atom. The lowest BCUT2D eigenvalue weighted by Gasteiger charge is -2.15. The molecule has 12 heteroatoms. The van der Waals surface area contributed by atoms with Gasteiger partial charge in [0.2, 0.25) is 0 Å². The molecule has 0 rings (SSSR count). The summed E-state index contributed by atoms with van der Waals surface area (Å²) in [4.78, 5) is 19.5. The van der Waals surface area contributed by atoms with Crippen LogP contribution < -0.4 is 5.73 Å². The van der Waals surface area contributed by atoms with Crippen molar-refractivity contribution in [3.05, 3.63) is 0 Å². The van der Waals surface area contributed by atoms with Gasteiger partial charge in [-0.1, -0.05) is 0 Å². The molecule has 0 aromatic carbocycles. The van der Waals surface area contributed by atoms with Crippen molar-refractivity contribution in [1.29, 1.82) is 0 Å². The summed E-state index contributed by atoms with van der Waals surface area (Å²) in [6.45, 7) is 0. The van der Waals surface area contributed by atoms with Gasteiger partial charge in [0.1, 0.15) is 0 Å². The number of amides is 1. The molecule has 0 radical (unpaired) electrons. The maximum absolute atomic E-state index is 10.5. The van der Waals surface area contributed by atoms with E-state index in [9.17, 15) is 4.79 Å². The van der Waals surface area contributed by atoms with Crippen molar-refractivity contribution >= 4 is 92.7 Å². The Morgan fingerprint density at radius 3 is 1.19 bits per heavy atom. The molecule has 1 amide bonds. The molecule has 0 aliphatic heterocycles. The summed E-state index contributed by atoms with van der Waals surface area (Å²) in [6.07, 6.45) is -1.41. The lowest BCUT2D eigenvalue weighted by molar-refractivity contribution is 0.0508. The molecule has 0 atom stereocenters. The van der Waals surface area contributed by atoms with E-state index in [-0.39, 0.29) is 0 Å². The molecular weight excluding hydrogens is 374 g/mol. The molecular formula is C4H2Cl7NO4. The molecule has 0 unspecified atom stereocenters. The molecule has 96 valence electrons. The first-order chi connectivity index (χ1) is 6.83. The van der Waals surface area contributed by atoms with E-state index in [2.05, 4.69) is 26.8 Å². The summed E-state index contributed by atoms with van der Waals surface area (Å²) < 4.78 is 3.50. The highest BCUT2D eigenvalue weighted by molar-refractivity contribution is 6.67. The molecule has 2 N–H and O–H groups in total. The standard InChI is InChI=1S/C3Cl6O3.CH2ClNO/c4-2(5,6)11-1(10)12-3(7,8)9;2-1(3)4/h;(H2,3,4). The van der Waals surface area contributed by atoms with Crippen molar-refractivity contribution in [3.63, 3.8) is 0 Å². The van der Waals surface area contributed by atoms with Gasteiger partial charge < -0.3 is 15.2 Å². The van der Waals surface area contributed by atoms with Crippen molar-refractivity contribution in [1.82, 2.24) is 0 Å². The minimum absolute atomic E-state index is 0.861. The number of carbonyl (C=O) groups is 2. The number of hydrogen-bond acceptors (Lipinski definition) is 4. The Morgan fingerprint density at radius 2 is 1.06 bits per heavy atom. The molecule has 0 aliphatic rings. The van der Waals surface area contributed by atoms with Crippen LogP contribution in [0.1, 0.15) is 0 Å². The summed E-state index contributed by atoms with van der Waals surface area (Å²) in [5, 5.41) is -0.861. The third-order valence-electron chi connectivity index (χ3n) is 0.398. The minimum atomic E-state index is -2.24. The summed E-state index contributed by atoms with van der Waals surface area (Å²) in [7, 11) is 0. The Hall–Kier alpha value is 0.770. The highest BCUT2D eigenvalue weighted by atomic mass is 35.6. The van der Waals surface area contributed by atoms with Gasteiger partial charge in [-0.3, -0.25) is 4.79 Å².